The lowest BCUT2D eigenvalue weighted by atomic mass is 10.2. The number of hydrogen-bond donors (Lipinski definition) is 1. The molecular formula is C15H23N3S. The van der Waals surface area contributed by atoms with Crippen LogP contribution in [0, 0.1) is 0 Å². The highest BCUT2D eigenvalue weighted by Crippen LogP contribution is 2.27. The van der Waals surface area contributed by atoms with Crippen LogP contribution in [0.25, 0.3) is 0 Å². The smallest absolute Gasteiger partial charge is 0.198 e. The molecule has 1 aromatic rings. The predicted molar refractivity (Wildman–Crippen MR) is 86.4 cm³/mol. The number of aliphatic imine (C=N–C) groups is 1. The fourth-order valence-electron chi connectivity index (χ4n) is 2.22. The lowest BCUT2D eigenvalue weighted by Gasteiger charge is -2.27. The monoisotopic (exact) mass is 277 g/mol. The molecule has 1 aliphatic heterocycles. The van der Waals surface area contributed by atoms with Gasteiger partial charge in [-0.05, 0) is 38.2 Å². The quantitative estimate of drug-likeness (QED) is 0.680. The van der Waals surface area contributed by atoms with Crippen LogP contribution in [0.2, 0.25) is 0 Å². The van der Waals surface area contributed by atoms with Gasteiger partial charge in [-0.15, -0.1) is 0 Å². The Labute approximate surface area is 120 Å². The van der Waals surface area contributed by atoms with E-state index in [1.165, 1.54) is 11.3 Å². The highest BCUT2D eigenvalue weighted by atomic mass is 32.2. The Morgan fingerprint density at radius 2 is 2.16 bits per heavy atom. The van der Waals surface area contributed by atoms with Crippen molar-refractivity contribution in [2.24, 2.45) is 4.99 Å². The maximum absolute atomic E-state index is 4.43. The molecule has 0 aliphatic carbocycles. The van der Waals surface area contributed by atoms with E-state index in [-0.39, 0.29) is 4.75 Å². The van der Waals surface area contributed by atoms with Gasteiger partial charge in [-0.1, -0.05) is 18.2 Å². The highest BCUT2D eigenvalue weighted by Gasteiger charge is 2.24. The summed E-state index contributed by atoms with van der Waals surface area (Å²) in [6.45, 7) is 6.42. The van der Waals surface area contributed by atoms with Gasteiger partial charge >= 0.3 is 0 Å². The first-order chi connectivity index (χ1) is 9.07. The van der Waals surface area contributed by atoms with Crippen molar-refractivity contribution in [2.75, 3.05) is 31.3 Å². The van der Waals surface area contributed by atoms with Crippen LogP contribution in [0.15, 0.2) is 29.3 Å². The zero-order valence-corrected chi connectivity index (χ0v) is 13.0. The van der Waals surface area contributed by atoms with Crippen LogP contribution in [0.1, 0.15) is 19.4 Å². The van der Waals surface area contributed by atoms with Crippen LogP contribution in [-0.2, 0) is 6.42 Å². The first kappa shape index (κ1) is 14.3. The van der Waals surface area contributed by atoms with Gasteiger partial charge in [-0.3, -0.25) is 4.99 Å². The molecule has 0 saturated carbocycles. The SMILES string of the molecule is CN=C(NCC(C)(C)SC)N1CCc2ccccc21. The molecule has 1 aliphatic rings. The maximum Gasteiger partial charge on any atom is 0.198 e. The first-order valence-corrected chi connectivity index (χ1v) is 7.91. The second-order valence-corrected chi connectivity index (χ2v) is 6.91. The van der Waals surface area contributed by atoms with Crippen LogP contribution in [-0.4, -0.2) is 37.1 Å². The molecule has 19 heavy (non-hydrogen) atoms. The van der Waals surface area contributed by atoms with Gasteiger partial charge in [-0.2, -0.15) is 11.8 Å². The Morgan fingerprint density at radius 1 is 1.42 bits per heavy atom. The summed E-state index contributed by atoms with van der Waals surface area (Å²) in [6, 6.07) is 8.58. The average molecular weight is 277 g/mol. The third-order valence-corrected chi connectivity index (χ3v) is 4.83. The molecule has 0 spiro atoms. The lowest BCUT2D eigenvalue weighted by molar-refractivity contribution is 0.673. The summed E-state index contributed by atoms with van der Waals surface area (Å²) in [5.74, 6) is 0.979. The van der Waals surface area contributed by atoms with Gasteiger partial charge in [0.2, 0.25) is 0 Å². The Morgan fingerprint density at radius 3 is 2.84 bits per heavy atom. The average Bonchev–Trinajstić information content (AvgIpc) is 2.84. The summed E-state index contributed by atoms with van der Waals surface area (Å²) in [7, 11) is 1.86. The molecule has 3 nitrogen and oxygen atoms in total. The number of thioether (sulfide) groups is 1. The Bertz CT molecular complexity index is 468. The Kier molecular flexibility index (Phi) is 4.40. The fourth-order valence-corrected chi connectivity index (χ4v) is 2.43. The highest BCUT2D eigenvalue weighted by molar-refractivity contribution is 7.99. The van der Waals surface area contributed by atoms with Crippen LogP contribution < -0.4 is 10.2 Å². The third-order valence-electron chi connectivity index (χ3n) is 3.58. The summed E-state index contributed by atoms with van der Waals surface area (Å²) < 4.78 is 0.217. The Hall–Kier alpha value is -1.16. The van der Waals surface area contributed by atoms with Gasteiger partial charge in [0.05, 0.1) is 0 Å². The molecule has 4 heteroatoms. The molecule has 0 atom stereocenters. The van der Waals surface area contributed by atoms with Crippen molar-refractivity contribution in [2.45, 2.75) is 25.0 Å². The summed E-state index contributed by atoms with van der Waals surface area (Å²) in [5, 5.41) is 3.50. The fraction of sp³-hybridized carbons (Fsp3) is 0.533. The standard InChI is InChI=1S/C15H23N3S/c1-15(2,19-4)11-17-14(16-3)18-10-9-12-7-5-6-8-13(12)18/h5-8H,9-11H2,1-4H3,(H,16,17). The third kappa shape index (κ3) is 3.24. The number of guanidine groups is 1. The molecule has 0 bridgehead atoms. The van der Waals surface area contributed by atoms with E-state index in [1.807, 2.05) is 18.8 Å². The zero-order valence-electron chi connectivity index (χ0n) is 12.2. The minimum Gasteiger partial charge on any atom is -0.355 e. The molecule has 1 N–H and O–H groups in total. The van der Waals surface area contributed by atoms with Gasteiger partial charge in [0.1, 0.15) is 0 Å². The van der Waals surface area contributed by atoms with Crippen LogP contribution >= 0.6 is 11.8 Å². The van der Waals surface area contributed by atoms with E-state index in [4.69, 9.17) is 0 Å². The molecule has 2 rings (SSSR count). The van der Waals surface area contributed by atoms with E-state index in [0.717, 1.165) is 25.5 Å². The van der Waals surface area contributed by atoms with Crippen molar-refractivity contribution in [1.29, 1.82) is 0 Å². The molecule has 0 amide bonds. The molecule has 104 valence electrons. The largest absolute Gasteiger partial charge is 0.355 e. The van der Waals surface area contributed by atoms with Crippen LogP contribution in [0.5, 0.6) is 0 Å². The molecule has 0 saturated heterocycles. The molecule has 1 aromatic carbocycles. The van der Waals surface area contributed by atoms with Gasteiger partial charge in [0.15, 0.2) is 5.96 Å². The lowest BCUT2D eigenvalue weighted by Crippen LogP contribution is -2.45. The topological polar surface area (TPSA) is 27.6 Å². The zero-order chi connectivity index (χ0) is 13.9. The van der Waals surface area contributed by atoms with Crippen molar-refractivity contribution >= 4 is 23.4 Å². The number of para-hydroxylation sites is 1. The van der Waals surface area contributed by atoms with Crippen LogP contribution in [0.4, 0.5) is 5.69 Å². The van der Waals surface area contributed by atoms with Gasteiger partial charge in [0, 0.05) is 30.6 Å². The summed E-state index contributed by atoms with van der Waals surface area (Å²) in [4.78, 5) is 6.71. The second-order valence-electron chi connectivity index (χ2n) is 5.39. The van der Waals surface area contributed by atoms with Gasteiger partial charge in [-0.25, -0.2) is 0 Å². The molecule has 0 aromatic heterocycles. The summed E-state index contributed by atoms with van der Waals surface area (Å²) in [6.07, 6.45) is 3.25. The molecule has 0 radical (unpaired) electrons. The number of anilines is 1. The van der Waals surface area contributed by atoms with Gasteiger partial charge < -0.3 is 10.2 Å². The summed E-state index contributed by atoms with van der Waals surface area (Å²) in [5.41, 5.74) is 2.70. The maximum atomic E-state index is 4.43. The number of rotatable bonds is 3. The number of nitrogens with zero attached hydrogens (tertiary/aromatic N) is 2. The van der Waals surface area contributed by atoms with E-state index in [9.17, 15) is 0 Å². The van der Waals surface area contributed by atoms with Crippen molar-refractivity contribution in [3.63, 3.8) is 0 Å². The second kappa shape index (κ2) is 5.87. The van der Waals surface area contributed by atoms with E-state index >= 15 is 0 Å². The number of nitrogens with one attached hydrogen (secondary N) is 1. The number of fused-ring (bicyclic) bond motifs is 1. The van der Waals surface area contributed by atoms with Crippen molar-refractivity contribution in [1.82, 2.24) is 5.32 Å². The molecule has 0 fully saturated rings. The number of hydrogen-bond acceptors (Lipinski definition) is 2. The molecular weight excluding hydrogens is 254 g/mol. The first-order valence-electron chi connectivity index (χ1n) is 6.68. The van der Waals surface area contributed by atoms with Crippen molar-refractivity contribution in [3.8, 4) is 0 Å². The van der Waals surface area contributed by atoms with E-state index < -0.39 is 0 Å². The number of benzene rings is 1. The van der Waals surface area contributed by atoms with Crippen molar-refractivity contribution < 1.29 is 0 Å². The summed E-state index contributed by atoms with van der Waals surface area (Å²) >= 11 is 1.87. The van der Waals surface area contributed by atoms with E-state index in [0.29, 0.717) is 0 Å². The molecule has 1 heterocycles. The van der Waals surface area contributed by atoms with E-state index in [1.54, 1.807) is 0 Å². The van der Waals surface area contributed by atoms with Crippen LogP contribution in [0.3, 0.4) is 0 Å². The van der Waals surface area contributed by atoms with Gasteiger partial charge in [0.25, 0.3) is 0 Å². The van der Waals surface area contributed by atoms with E-state index in [2.05, 4.69) is 59.6 Å². The van der Waals surface area contributed by atoms with Crippen molar-refractivity contribution in [3.05, 3.63) is 29.8 Å². The normalized spacial score (nSPS) is 15.6. The minimum absolute atomic E-state index is 0.217. The molecule has 0 unspecified atom stereocenters. The Balaban J connectivity index is 2.09. The predicted octanol–water partition coefficient (Wildman–Crippen LogP) is 2.77. The minimum atomic E-state index is 0.217.